The van der Waals surface area contributed by atoms with Crippen molar-refractivity contribution >= 4 is 46.5 Å². The molecule has 2 saturated heterocycles. The van der Waals surface area contributed by atoms with Crippen molar-refractivity contribution in [2.45, 2.75) is 37.3 Å². The van der Waals surface area contributed by atoms with Gasteiger partial charge in [0.2, 0.25) is 5.91 Å². The summed E-state index contributed by atoms with van der Waals surface area (Å²) < 4.78 is 26.0. The minimum atomic E-state index is -1.46. The third kappa shape index (κ3) is 5.71. The zero-order chi connectivity index (χ0) is 26.6. The van der Waals surface area contributed by atoms with E-state index in [-0.39, 0.29) is 31.2 Å². The van der Waals surface area contributed by atoms with E-state index in [9.17, 15) is 14.4 Å². The molecule has 2 unspecified atom stereocenters. The SMILES string of the molecule is COCC1(C(=O)Nc2ccc(N3CCCCC3=O)cc2F)CC(OC)CN1C(=O)Nc1ccc(Cl)cc1. The van der Waals surface area contributed by atoms with Gasteiger partial charge in [-0.25, -0.2) is 9.18 Å². The molecule has 2 aromatic rings. The van der Waals surface area contributed by atoms with Gasteiger partial charge in [0, 0.05) is 56.5 Å². The Balaban J connectivity index is 1.57. The molecule has 2 aliphatic rings. The highest BCUT2D eigenvalue weighted by molar-refractivity contribution is 6.30. The van der Waals surface area contributed by atoms with Crippen molar-refractivity contribution in [3.63, 3.8) is 0 Å². The Kier molecular flexibility index (Phi) is 8.31. The predicted octanol–water partition coefficient (Wildman–Crippen LogP) is 4.27. The number of nitrogens with zero attached hydrogens (tertiary/aromatic N) is 2. The van der Waals surface area contributed by atoms with E-state index in [1.165, 1.54) is 31.3 Å². The van der Waals surface area contributed by atoms with Gasteiger partial charge < -0.3 is 29.9 Å². The monoisotopic (exact) mass is 532 g/mol. The van der Waals surface area contributed by atoms with Gasteiger partial charge in [0.05, 0.1) is 18.4 Å². The van der Waals surface area contributed by atoms with Crippen LogP contribution in [0.15, 0.2) is 42.5 Å². The Morgan fingerprint density at radius 1 is 1.14 bits per heavy atom. The number of anilines is 3. The topological polar surface area (TPSA) is 100 Å². The molecule has 2 atom stereocenters. The number of ether oxygens (including phenoxy) is 2. The number of nitrogens with one attached hydrogen (secondary N) is 2. The van der Waals surface area contributed by atoms with Gasteiger partial charge in [-0.05, 0) is 55.3 Å². The van der Waals surface area contributed by atoms with Crippen LogP contribution in [0.4, 0.5) is 26.2 Å². The summed E-state index contributed by atoms with van der Waals surface area (Å²) >= 11 is 5.93. The van der Waals surface area contributed by atoms with Crippen LogP contribution in [-0.4, -0.2) is 68.3 Å². The lowest BCUT2D eigenvalue weighted by Crippen LogP contribution is -2.59. The van der Waals surface area contributed by atoms with Gasteiger partial charge in [-0.15, -0.1) is 0 Å². The molecule has 37 heavy (non-hydrogen) atoms. The molecule has 9 nitrogen and oxygen atoms in total. The number of carbonyl (C=O) groups is 3. The molecule has 0 saturated carbocycles. The number of rotatable bonds is 7. The molecular weight excluding hydrogens is 503 g/mol. The van der Waals surface area contributed by atoms with Gasteiger partial charge in [-0.2, -0.15) is 0 Å². The molecule has 0 aromatic heterocycles. The van der Waals surface area contributed by atoms with Crippen LogP contribution < -0.4 is 15.5 Å². The van der Waals surface area contributed by atoms with Gasteiger partial charge in [-0.3, -0.25) is 9.59 Å². The van der Waals surface area contributed by atoms with Gasteiger partial charge in [0.15, 0.2) is 0 Å². The fourth-order valence-electron chi connectivity index (χ4n) is 4.84. The molecule has 0 radical (unpaired) electrons. The van der Waals surface area contributed by atoms with E-state index in [2.05, 4.69) is 10.6 Å². The molecular formula is C26H30ClFN4O5. The molecule has 2 aromatic carbocycles. The fraction of sp³-hybridized carbons (Fsp3) is 0.423. The molecule has 4 rings (SSSR count). The first kappa shape index (κ1) is 26.8. The van der Waals surface area contributed by atoms with Crippen LogP contribution in [0.1, 0.15) is 25.7 Å². The lowest BCUT2D eigenvalue weighted by atomic mass is 9.94. The van der Waals surface area contributed by atoms with Crippen LogP contribution in [0.5, 0.6) is 0 Å². The van der Waals surface area contributed by atoms with E-state index in [4.69, 9.17) is 21.1 Å². The Labute approximate surface area is 219 Å². The molecule has 11 heteroatoms. The molecule has 198 valence electrons. The molecule has 0 spiro atoms. The van der Waals surface area contributed by atoms with Crippen LogP contribution in [0.3, 0.4) is 0 Å². The van der Waals surface area contributed by atoms with Crippen LogP contribution in [0.25, 0.3) is 0 Å². The average Bonchev–Trinajstić information content (AvgIpc) is 3.27. The quantitative estimate of drug-likeness (QED) is 0.554. The third-order valence-electron chi connectivity index (χ3n) is 6.78. The van der Waals surface area contributed by atoms with Crippen molar-refractivity contribution < 1.29 is 28.2 Å². The zero-order valence-electron chi connectivity index (χ0n) is 20.8. The predicted molar refractivity (Wildman–Crippen MR) is 138 cm³/mol. The Morgan fingerprint density at radius 3 is 2.54 bits per heavy atom. The number of hydrogen-bond acceptors (Lipinski definition) is 5. The highest BCUT2D eigenvalue weighted by atomic mass is 35.5. The van der Waals surface area contributed by atoms with Crippen LogP contribution in [-0.2, 0) is 19.1 Å². The minimum Gasteiger partial charge on any atom is -0.382 e. The molecule has 4 amide bonds. The first-order valence-corrected chi connectivity index (χ1v) is 12.4. The van der Waals surface area contributed by atoms with E-state index < -0.39 is 29.4 Å². The van der Waals surface area contributed by atoms with E-state index in [1.807, 2.05) is 0 Å². The summed E-state index contributed by atoms with van der Waals surface area (Å²) in [4.78, 5) is 42.1. The maximum absolute atomic E-state index is 15.1. The van der Waals surface area contributed by atoms with Gasteiger partial charge in [0.25, 0.3) is 5.91 Å². The molecule has 0 aliphatic carbocycles. The van der Waals surface area contributed by atoms with Crippen molar-refractivity contribution in [3.8, 4) is 0 Å². The maximum atomic E-state index is 15.1. The number of methoxy groups -OCH3 is 2. The van der Waals surface area contributed by atoms with Gasteiger partial charge in [-0.1, -0.05) is 11.6 Å². The third-order valence-corrected chi connectivity index (χ3v) is 7.04. The van der Waals surface area contributed by atoms with Gasteiger partial charge >= 0.3 is 6.03 Å². The summed E-state index contributed by atoms with van der Waals surface area (Å²) in [6.07, 6.45) is 1.81. The second-order valence-electron chi connectivity index (χ2n) is 9.19. The Bertz CT molecular complexity index is 1160. The number of urea groups is 1. The summed E-state index contributed by atoms with van der Waals surface area (Å²) in [5.74, 6) is -1.35. The van der Waals surface area contributed by atoms with Crippen LogP contribution in [0.2, 0.25) is 5.02 Å². The molecule has 2 N–H and O–H groups in total. The fourth-order valence-corrected chi connectivity index (χ4v) is 4.96. The van der Waals surface area contributed by atoms with Crippen LogP contribution in [0, 0.1) is 5.82 Å². The first-order valence-electron chi connectivity index (χ1n) is 12.0. The Morgan fingerprint density at radius 2 is 1.89 bits per heavy atom. The summed E-state index contributed by atoms with van der Waals surface area (Å²) in [6.45, 7) is 0.525. The number of carbonyl (C=O) groups excluding carboxylic acids is 3. The number of piperidine rings is 1. The summed E-state index contributed by atoms with van der Waals surface area (Å²) in [6, 6.07) is 10.3. The van der Waals surface area contributed by atoms with Crippen molar-refractivity contribution in [3.05, 3.63) is 53.3 Å². The second kappa shape index (κ2) is 11.5. The highest BCUT2D eigenvalue weighted by Gasteiger charge is 2.54. The number of benzene rings is 2. The normalized spacial score (nSPS) is 21.7. The van der Waals surface area contributed by atoms with Gasteiger partial charge in [0.1, 0.15) is 11.4 Å². The number of hydrogen-bond donors (Lipinski definition) is 2. The summed E-state index contributed by atoms with van der Waals surface area (Å²) in [5, 5.41) is 5.92. The Hall–Kier alpha value is -3.21. The molecule has 2 heterocycles. The number of halogens is 2. The average molecular weight is 533 g/mol. The first-order chi connectivity index (χ1) is 17.8. The van der Waals surface area contributed by atoms with E-state index in [0.717, 1.165) is 12.8 Å². The number of amides is 4. The minimum absolute atomic E-state index is 0.0552. The molecule has 2 fully saturated rings. The zero-order valence-corrected chi connectivity index (χ0v) is 21.5. The van der Waals surface area contributed by atoms with E-state index in [1.54, 1.807) is 35.2 Å². The highest BCUT2D eigenvalue weighted by Crippen LogP contribution is 2.34. The van der Waals surface area contributed by atoms with E-state index >= 15 is 4.39 Å². The molecule has 0 bridgehead atoms. The van der Waals surface area contributed by atoms with Crippen LogP contribution >= 0.6 is 11.6 Å². The smallest absolute Gasteiger partial charge is 0.322 e. The van der Waals surface area contributed by atoms with E-state index in [0.29, 0.717) is 29.4 Å². The van der Waals surface area contributed by atoms with Crippen molar-refractivity contribution in [1.29, 1.82) is 0 Å². The van der Waals surface area contributed by atoms with Crippen molar-refractivity contribution in [1.82, 2.24) is 4.90 Å². The summed E-state index contributed by atoms with van der Waals surface area (Å²) in [5.41, 5.74) is -0.584. The van der Waals surface area contributed by atoms with Crippen molar-refractivity contribution in [2.75, 3.05) is 49.4 Å². The van der Waals surface area contributed by atoms with Crippen molar-refractivity contribution in [2.24, 2.45) is 0 Å². The molecule has 2 aliphatic heterocycles. The second-order valence-corrected chi connectivity index (χ2v) is 9.63. The lowest BCUT2D eigenvalue weighted by Gasteiger charge is -2.36. The largest absolute Gasteiger partial charge is 0.382 e. The maximum Gasteiger partial charge on any atom is 0.322 e. The number of likely N-dealkylation sites (tertiary alicyclic amines) is 1. The summed E-state index contributed by atoms with van der Waals surface area (Å²) in [7, 11) is 2.93. The lowest BCUT2D eigenvalue weighted by molar-refractivity contribution is -0.128. The standard InChI is InChI=1S/C26H30ClFN4O5/c1-36-16-26(14-20(37-2)15-32(26)25(35)29-18-8-6-17(27)7-9-18)24(34)30-22-11-10-19(13-21(22)28)31-12-4-3-5-23(31)33/h6-11,13,20H,3-5,12,14-16H2,1-2H3,(H,29,35)(H,30,34).